The highest BCUT2D eigenvalue weighted by molar-refractivity contribution is 14.0. The molecule has 0 aliphatic heterocycles. The van der Waals surface area contributed by atoms with Crippen molar-refractivity contribution in [1.82, 2.24) is 10.3 Å². The summed E-state index contributed by atoms with van der Waals surface area (Å²) in [5.74, 6) is 0.488. The number of aryl methyl sites for hydroxylation is 1. The Hall–Kier alpha value is -1.15. The summed E-state index contributed by atoms with van der Waals surface area (Å²) < 4.78 is 0. The van der Waals surface area contributed by atoms with E-state index >= 15 is 0 Å². The number of nitrogens with zero attached hydrogens (tertiary/aromatic N) is 2. The number of hydrogen-bond acceptors (Lipinski definition) is 3. The minimum Gasteiger partial charge on any atom is -0.370 e. The van der Waals surface area contributed by atoms with Crippen LogP contribution in [0.25, 0.3) is 0 Å². The molecule has 0 aliphatic rings. The number of thiazole rings is 1. The van der Waals surface area contributed by atoms with Gasteiger partial charge < -0.3 is 11.1 Å². The maximum atomic E-state index is 5.82. The first-order chi connectivity index (χ1) is 9.24. The SMILES string of the molecule is Cc1ncc(CN=C(N)NCCc2ccccc2)s1.I. The molecule has 1 aromatic heterocycles. The molecule has 0 spiro atoms. The van der Waals surface area contributed by atoms with Crippen molar-refractivity contribution in [2.45, 2.75) is 19.9 Å². The van der Waals surface area contributed by atoms with Crippen LogP contribution in [0.15, 0.2) is 41.5 Å². The molecule has 2 aromatic rings. The number of rotatable bonds is 5. The molecule has 4 nitrogen and oxygen atoms in total. The summed E-state index contributed by atoms with van der Waals surface area (Å²) in [5.41, 5.74) is 7.11. The Morgan fingerprint density at radius 3 is 2.75 bits per heavy atom. The van der Waals surface area contributed by atoms with Crippen molar-refractivity contribution in [1.29, 1.82) is 0 Å². The number of nitrogens with two attached hydrogens (primary N) is 1. The average molecular weight is 402 g/mol. The van der Waals surface area contributed by atoms with Crippen LogP contribution in [0.4, 0.5) is 0 Å². The van der Waals surface area contributed by atoms with Crippen LogP contribution in [0, 0.1) is 6.92 Å². The van der Waals surface area contributed by atoms with Crippen molar-refractivity contribution < 1.29 is 0 Å². The van der Waals surface area contributed by atoms with E-state index in [0.717, 1.165) is 22.9 Å². The minimum absolute atomic E-state index is 0. The van der Waals surface area contributed by atoms with E-state index in [-0.39, 0.29) is 24.0 Å². The number of guanidine groups is 1. The highest BCUT2D eigenvalue weighted by atomic mass is 127. The van der Waals surface area contributed by atoms with Gasteiger partial charge in [-0.2, -0.15) is 0 Å². The molecule has 108 valence electrons. The molecule has 0 bridgehead atoms. The molecule has 1 heterocycles. The van der Waals surface area contributed by atoms with Crippen LogP contribution in [-0.2, 0) is 13.0 Å². The standard InChI is InChI=1S/C14H18N4S.HI/c1-11-17-9-13(19-11)10-18-14(15)16-8-7-12-5-3-2-4-6-12;/h2-6,9H,7-8,10H2,1H3,(H3,15,16,18);1H. The van der Waals surface area contributed by atoms with Gasteiger partial charge in [0.2, 0.25) is 0 Å². The Morgan fingerprint density at radius 1 is 1.35 bits per heavy atom. The molecule has 0 saturated carbocycles. The molecule has 2 rings (SSSR count). The van der Waals surface area contributed by atoms with Crippen LogP contribution in [-0.4, -0.2) is 17.5 Å². The fraction of sp³-hybridized carbons (Fsp3) is 0.286. The first kappa shape index (κ1) is 16.9. The summed E-state index contributed by atoms with van der Waals surface area (Å²) in [6, 6.07) is 10.3. The van der Waals surface area contributed by atoms with E-state index in [1.54, 1.807) is 11.3 Å². The van der Waals surface area contributed by atoms with Crippen molar-refractivity contribution in [3.05, 3.63) is 52.0 Å². The Labute approximate surface area is 140 Å². The number of nitrogens with one attached hydrogen (secondary N) is 1. The summed E-state index contributed by atoms with van der Waals surface area (Å²) in [5, 5.41) is 4.18. The second kappa shape index (κ2) is 8.91. The predicted octanol–water partition coefficient (Wildman–Crippen LogP) is 2.72. The van der Waals surface area contributed by atoms with Crippen molar-refractivity contribution in [2.24, 2.45) is 10.7 Å². The number of halogens is 1. The number of aromatic nitrogens is 1. The molecular weight excluding hydrogens is 383 g/mol. The third-order valence-corrected chi connectivity index (χ3v) is 3.53. The summed E-state index contributed by atoms with van der Waals surface area (Å²) >= 11 is 1.65. The Balaban J connectivity index is 0.00000200. The molecule has 1 aromatic carbocycles. The van der Waals surface area contributed by atoms with E-state index in [4.69, 9.17) is 5.73 Å². The second-order valence-electron chi connectivity index (χ2n) is 4.21. The van der Waals surface area contributed by atoms with Crippen molar-refractivity contribution in [3.8, 4) is 0 Å². The quantitative estimate of drug-likeness (QED) is 0.459. The third-order valence-electron chi connectivity index (χ3n) is 2.64. The molecule has 0 unspecified atom stereocenters. The van der Waals surface area contributed by atoms with Crippen LogP contribution < -0.4 is 11.1 Å². The molecular formula is C14H19IN4S. The van der Waals surface area contributed by atoms with Gasteiger partial charge in [-0.15, -0.1) is 35.3 Å². The van der Waals surface area contributed by atoms with Gasteiger partial charge in [0.25, 0.3) is 0 Å². The molecule has 0 aliphatic carbocycles. The molecule has 0 radical (unpaired) electrons. The molecule has 0 atom stereocenters. The smallest absolute Gasteiger partial charge is 0.188 e. The lowest BCUT2D eigenvalue weighted by atomic mass is 10.1. The predicted molar refractivity (Wildman–Crippen MR) is 95.7 cm³/mol. The first-order valence-electron chi connectivity index (χ1n) is 6.23. The topological polar surface area (TPSA) is 63.3 Å². The van der Waals surface area contributed by atoms with Crippen molar-refractivity contribution in [2.75, 3.05) is 6.54 Å². The van der Waals surface area contributed by atoms with Crippen LogP contribution in [0.1, 0.15) is 15.4 Å². The fourth-order valence-electron chi connectivity index (χ4n) is 1.68. The van der Waals surface area contributed by atoms with Gasteiger partial charge in [-0.25, -0.2) is 9.98 Å². The highest BCUT2D eigenvalue weighted by Crippen LogP contribution is 2.11. The van der Waals surface area contributed by atoms with Crippen LogP contribution in [0.5, 0.6) is 0 Å². The van der Waals surface area contributed by atoms with Crippen molar-refractivity contribution in [3.63, 3.8) is 0 Å². The molecule has 20 heavy (non-hydrogen) atoms. The summed E-state index contributed by atoms with van der Waals surface area (Å²) in [4.78, 5) is 9.61. The largest absolute Gasteiger partial charge is 0.370 e. The van der Waals surface area contributed by atoms with Crippen LogP contribution in [0.2, 0.25) is 0 Å². The van der Waals surface area contributed by atoms with Gasteiger partial charge in [0.05, 0.1) is 11.6 Å². The maximum Gasteiger partial charge on any atom is 0.188 e. The van der Waals surface area contributed by atoms with E-state index in [9.17, 15) is 0 Å². The minimum atomic E-state index is 0. The molecule has 0 amide bonds. The average Bonchev–Trinajstić information content (AvgIpc) is 2.83. The van der Waals surface area contributed by atoms with Gasteiger partial charge in [0.1, 0.15) is 0 Å². The van der Waals surface area contributed by atoms with Gasteiger partial charge in [-0.3, -0.25) is 0 Å². The van der Waals surface area contributed by atoms with Gasteiger partial charge in [-0.05, 0) is 18.9 Å². The highest BCUT2D eigenvalue weighted by Gasteiger charge is 1.97. The van der Waals surface area contributed by atoms with Gasteiger partial charge >= 0.3 is 0 Å². The van der Waals surface area contributed by atoms with Crippen molar-refractivity contribution >= 4 is 41.3 Å². The fourth-order valence-corrected chi connectivity index (χ4v) is 2.40. The van der Waals surface area contributed by atoms with E-state index in [1.165, 1.54) is 5.56 Å². The van der Waals surface area contributed by atoms with E-state index in [1.807, 2.05) is 31.3 Å². The van der Waals surface area contributed by atoms with Gasteiger partial charge in [-0.1, -0.05) is 30.3 Å². The third kappa shape index (κ3) is 5.87. The van der Waals surface area contributed by atoms with E-state index < -0.39 is 0 Å². The van der Waals surface area contributed by atoms with E-state index in [0.29, 0.717) is 12.5 Å². The summed E-state index contributed by atoms with van der Waals surface area (Å²) in [6.07, 6.45) is 2.79. The normalized spacial score (nSPS) is 10.9. The zero-order valence-corrected chi connectivity index (χ0v) is 14.5. The Kier molecular flexibility index (Phi) is 7.53. The number of hydrogen-bond donors (Lipinski definition) is 2. The second-order valence-corrected chi connectivity index (χ2v) is 5.53. The van der Waals surface area contributed by atoms with Gasteiger partial charge in [0.15, 0.2) is 5.96 Å². The first-order valence-corrected chi connectivity index (χ1v) is 7.05. The lowest BCUT2D eigenvalue weighted by molar-refractivity contribution is 0.849. The lowest BCUT2D eigenvalue weighted by Crippen LogP contribution is -2.33. The zero-order valence-electron chi connectivity index (χ0n) is 11.4. The number of aliphatic imine (C=N–C) groups is 1. The summed E-state index contributed by atoms with van der Waals surface area (Å²) in [6.45, 7) is 3.37. The molecule has 0 fully saturated rings. The zero-order chi connectivity index (χ0) is 13.5. The van der Waals surface area contributed by atoms with Crippen LogP contribution in [0.3, 0.4) is 0 Å². The summed E-state index contributed by atoms with van der Waals surface area (Å²) in [7, 11) is 0. The van der Waals surface area contributed by atoms with Gasteiger partial charge in [0, 0.05) is 17.6 Å². The van der Waals surface area contributed by atoms with Crippen LogP contribution >= 0.6 is 35.3 Å². The number of benzene rings is 1. The monoisotopic (exact) mass is 402 g/mol. The molecule has 6 heteroatoms. The molecule has 0 saturated heterocycles. The maximum absolute atomic E-state index is 5.82. The molecule has 3 N–H and O–H groups in total. The Bertz CT molecular complexity index is 539. The Morgan fingerprint density at radius 2 is 2.10 bits per heavy atom. The van der Waals surface area contributed by atoms with E-state index in [2.05, 4.69) is 27.4 Å². The lowest BCUT2D eigenvalue weighted by Gasteiger charge is -2.05.